The second-order valence-corrected chi connectivity index (χ2v) is 8.79. The Balaban J connectivity index is 1.18. The van der Waals surface area contributed by atoms with Crippen LogP contribution in [0.4, 0.5) is 27.8 Å². The van der Waals surface area contributed by atoms with E-state index in [1.807, 2.05) is 0 Å². The second kappa shape index (κ2) is 8.70. The van der Waals surface area contributed by atoms with E-state index in [2.05, 4.69) is 20.4 Å². The van der Waals surface area contributed by atoms with Gasteiger partial charge in [0.25, 0.3) is 0 Å². The lowest BCUT2D eigenvalue weighted by atomic mass is 10.0. The van der Waals surface area contributed by atoms with Crippen molar-refractivity contribution in [3.05, 3.63) is 77.1 Å². The Hall–Kier alpha value is -3.07. The molecule has 0 spiro atoms. The van der Waals surface area contributed by atoms with Gasteiger partial charge in [-0.1, -0.05) is 12.1 Å². The van der Waals surface area contributed by atoms with Gasteiger partial charge in [0.15, 0.2) is 23.3 Å². The van der Waals surface area contributed by atoms with Crippen LogP contribution in [0.15, 0.2) is 42.5 Å². The average Bonchev–Trinajstić information content (AvgIpc) is 3.32. The molecule has 1 saturated heterocycles. The van der Waals surface area contributed by atoms with Crippen LogP contribution in [0.2, 0.25) is 0 Å². The highest BCUT2D eigenvalue weighted by Gasteiger charge is 2.41. The van der Waals surface area contributed by atoms with E-state index in [9.17, 15) is 22.0 Å². The van der Waals surface area contributed by atoms with Crippen LogP contribution in [-0.2, 0) is 6.54 Å². The largest absolute Gasteiger partial charge is 0.366 e. The van der Waals surface area contributed by atoms with Gasteiger partial charge in [0, 0.05) is 42.9 Å². The number of halogens is 5. The molecule has 2 heterocycles. The van der Waals surface area contributed by atoms with Crippen molar-refractivity contribution < 1.29 is 22.0 Å². The lowest BCUT2D eigenvalue weighted by Gasteiger charge is -2.20. The summed E-state index contributed by atoms with van der Waals surface area (Å²) in [6.07, 6.45) is 1.81. The molecule has 1 aromatic heterocycles. The lowest BCUT2D eigenvalue weighted by Crippen LogP contribution is -2.25. The van der Waals surface area contributed by atoms with Crippen molar-refractivity contribution in [3.8, 4) is 11.3 Å². The molecule has 1 saturated carbocycles. The summed E-state index contributed by atoms with van der Waals surface area (Å²) in [5, 5.41) is 11.3. The van der Waals surface area contributed by atoms with Crippen molar-refractivity contribution in [3.63, 3.8) is 0 Å². The Bertz CT molecular complexity index is 1160. The van der Waals surface area contributed by atoms with Crippen molar-refractivity contribution in [2.75, 3.05) is 18.4 Å². The molecular weight excluding hydrogens is 439 g/mol. The minimum Gasteiger partial charge on any atom is -0.366 e. The molecule has 0 amide bonds. The van der Waals surface area contributed by atoms with Crippen molar-refractivity contribution in [2.24, 2.45) is 11.8 Å². The van der Waals surface area contributed by atoms with Gasteiger partial charge in [-0.25, -0.2) is 22.0 Å². The number of hydrogen-bond acceptors (Lipinski definition) is 4. The van der Waals surface area contributed by atoms with Crippen LogP contribution in [0.25, 0.3) is 11.3 Å². The Morgan fingerprint density at radius 1 is 0.848 bits per heavy atom. The highest BCUT2D eigenvalue weighted by atomic mass is 19.2. The fraction of sp³-hybridized carbons (Fsp3) is 0.333. The summed E-state index contributed by atoms with van der Waals surface area (Å²) in [5.41, 5.74) is 0.131. The quantitative estimate of drug-likeness (QED) is 0.422. The Morgan fingerprint density at radius 2 is 1.61 bits per heavy atom. The van der Waals surface area contributed by atoms with Crippen molar-refractivity contribution in [2.45, 2.75) is 25.4 Å². The topological polar surface area (TPSA) is 41.0 Å². The molecule has 3 atom stereocenters. The van der Waals surface area contributed by atoms with Crippen LogP contribution in [0, 0.1) is 40.9 Å². The molecule has 2 aromatic carbocycles. The first kappa shape index (κ1) is 21.8. The third-order valence-electron chi connectivity index (χ3n) is 6.54. The zero-order chi connectivity index (χ0) is 23.1. The second-order valence-electron chi connectivity index (χ2n) is 8.79. The van der Waals surface area contributed by atoms with E-state index in [0.717, 1.165) is 38.1 Å². The number of nitrogens with zero attached hydrogens (tertiary/aromatic N) is 3. The summed E-state index contributed by atoms with van der Waals surface area (Å²) in [7, 11) is 0. The fourth-order valence-corrected chi connectivity index (χ4v) is 5.06. The van der Waals surface area contributed by atoms with E-state index in [0.29, 0.717) is 35.8 Å². The van der Waals surface area contributed by atoms with E-state index in [1.54, 1.807) is 12.1 Å². The normalized spacial score (nSPS) is 22.5. The molecular formula is C24H21F5N4. The molecule has 33 heavy (non-hydrogen) atoms. The number of aromatic nitrogens is 2. The number of anilines is 1. The maximum atomic E-state index is 14.0. The van der Waals surface area contributed by atoms with Gasteiger partial charge in [0.05, 0.1) is 5.69 Å². The predicted molar refractivity (Wildman–Crippen MR) is 113 cm³/mol. The Morgan fingerprint density at radius 3 is 2.30 bits per heavy atom. The SMILES string of the molecule is Fc1cc(F)c(F)c(-c2ccc(NC3C[C@@H]4CN(Cc5cccc(F)c5F)C[C@@H]4C3)nn2)c1. The van der Waals surface area contributed by atoms with Gasteiger partial charge in [-0.3, -0.25) is 4.90 Å². The van der Waals surface area contributed by atoms with E-state index < -0.39 is 29.1 Å². The average molecular weight is 460 g/mol. The Kier molecular flexibility index (Phi) is 5.74. The van der Waals surface area contributed by atoms with Gasteiger partial charge in [-0.05, 0) is 48.9 Å². The van der Waals surface area contributed by atoms with Crippen LogP contribution in [-0.4, -0.2) is 34.2 Å². The minimum atomic E-state index is -1.28. The molecule has 4 nitrogen and oxygen atoms in total. The number of rotatable bonds is 5. The molecule has 1 aliphatic heterocycles. The first-order valence-corrected chi connectivity index (χ1v) is 10.8. The minimum absolute atomic E-state index is 0.0416. The zero-order valence-corrected chi connectivity index (χ0v) is 17.5. The van der Waals surface area contributed by atoms with E-state index in [-0.39, 0.29) is 17.3 Å². The van der Waals surface area contributed by atoms with Crippen LogP contribution >= 0.6 is 0 Å². The maximum absolute atomic E-state index is 14.0. The molecule has 1 unspecified atom stereocenters. The number of likely N-dealkylation sites (tertiary alicyclic amines) is 1. The first-order chi connectivity index (χ1) is 15.9. The number of fused-ring (bicyclic) bond motifs is 1. The molecule has 1 N–H and O–H groups in total. The van der Waals surface area contributed by atoms with Gasteiger partial charge in [-0.2, -0.15) is 0 Å². The molecule has 2 aliphatic rings. The number of hydrogen-bond donors (Lipinski definition) is 1. The summed E-state index contributed by atoms with van der Waals surface area (Å²) in [6.45, 7) is 2.01. The maximum Gasteiger partial charge on any atom is 0.168 e. The summed E-state index contributed by atoms with van der Waals surface area (Å²) < 4.78 is 68.3. The molecule has 3 aromatic rings. The van der Waals surface area contributed by atoms with Crippen molar-refractivity contribution >= 4 is 5.82 Å². The van der Waals surface area contributed by atoms with E-state index >= 15 is 0 Å². The third-order valence-corrected chi connectivity index (χ3v) is 6.54. The number of nitrogens with one attached hydrogen (secondary N) is 1. The Labute approximate surface area is 187 Å². The molecule has 9 heteroatoms. The molecule has 2 fully saturated rings. The molecule has 1 aliphatic carbocycles. The van der Waals surface area contributed by atoms with Gasteiger partial charge < -0.3 is 5.32 Å². The number of benzene rings is 2. The van der Waals surface area contributed by atoms with Gasteiger partial charge in [-0.15, -0.1) is 10.2 Å². The smallest absolute Gasteiger partial charge is 0.168 e. The van der Waals surface area contributed by atoms with Crippen LogP contribution < -0.4 is 5.32 Å². The monoisotopic (exact) mass is 460 g/mol. The van der Waals surface area contributed by atoms with Crippen LogP contribution in [0.5, 0.6) is 0 Å². The van der Waals surface area contributed by atoms with Gasteiger partial charge >= 0.3 is 0 Å². The highest BCUT2D eigenvalue weighted by Crippen LogP contribution is 2.39. The zero-order valence-electron chi connectivity index (χ0n) is 17.5. The van der Waals surface area contributed by atoms with E-state index in [4.69, 9.17) is 0 Å². The van der Waals surface area contributed by atoms with Crippen LogP contribution in [0.3, 0.4) is 0 Å². The van der Waals surface area contributed by atoms with Gasteiger partial charge in [0.2, 0.25) is 0 Å². The summed E-state index contributed by atoms with van der Waals surface area (Å²) in [6, 6.07) is 8.88. The molecule has 0 radical (unpaired) electrons. The third kappa shape index (κ3) is 4.42. The highest BCUT2D eigenvalue weighted by molar-refractivity contribution is 5.60. The lowest BCUT2D eigenvalue weighted by molar-refractivity contribution is 0.294. The van der Waals surface area contributed by atoms with Crippen molar-refractivity contribution in [1.82, 2.24) is 15.1 Å². The summed E-state index contributed by atoms with van der Waals surface area (Å²) in [5.74, 6) is -3.56. The summed E-state index contributed by atoms with van der Waals surface area (Å²) in [4.78, 5) is 2.16. The standard InChI is InChI=1S/C24H21F5N4/c25-16-8-18(24(29)20(27)9-16)21-4-5-22(32-31-21)30-17-6-14-11-33(12-15(14)7-17)10-13-2-1-3-19(26)23(13)28/h1-5,8-9,14-15,17H,6-7,10-12H2,(H,30,32)/t14-,15+,17?. The molecule has 172 valence electrons. The predicted octanol–water partition coefficient (Wildman–Crippen LogP) is 5.16. The van der Waals surface area contributed by atoms with Crippen LogP contribution in [0.1, 0.15) is 18.4 Å². The summed E-state index contributed by atoms with van der Waals surface area (Å²) >= 11 is 0. The molecule has 0 bridgehead atoms. The fourth-order valence-electron chi connectivity index (χ4n) is 5.06. The van der Waals surface area contributed by atoms with E-state index in [1.165, 1.54) is 12.1 Å². The first-order valence-electron chi connectivity index (χ1n) is 10.8. The van der Waals surface area contributed by atoms with Crippen molar-refractivity contribution in [1.29, 1.82) is 0 Å². The molecule has 5 rings (SSSR count). The van der Waals surface area contributed by atoms with Gasteiger partial charge in [0.1, 0.15) is 11.6 Å².